The third kappa shape index (κ3) is 4.89. The van der Waals surface area contributed by atoms with E-state index < -0.39 is 77.2 Å². The smallest absolute Gasteiger partial charge is 0.252 e. The molecule has 224 valence electrons. The summed E-state index contributed by atoms with van der Waals surface area (Å²) in [7, 11) is 0. The van der Waals surface area contributed by atoms with Crippen LogP contribution >= 0.6 is 0 Å². The highest BCUT2D eigenvalue weighted by Crippen LogP contribution is 2.51. The van der Waals surface area contributed by atoms with Gasteiger partial charge in [-0.05, 0) is 12.5 Å². The van der Waals surface area contributed by atoms with Crippen molar-refractivity contribution >= 4 is 17.5 Å². The van der Waals surface area contributed by atoms with Crippen molar-refractivity contribution in [2.24, 2.45) is 5.73 Å². The molecule has 1 heterocycles. The van der Waals surface area contributed by atoms with E-state index in [1.165, 1.54) is 12.1 Å². The molecule has 1 amide bonds. The van der Waals surface area contributed by atoms with Crippen LogP contribution in [0.1, 0.15) is 74.4 Å². The lowest BCUT2D eigenvalue weighted by atomic mass is 9.72. The number of nitrogens with two attached hydrogens (primary N) is 1. The molecule has 6 atom stereocenters. The number of phenolic OH excluding ortho intramolecular Hbond substituents is 2. The van der Waals surface area contributed by atoms with Gasteiger partial charge in [-0.2, -0.15) is 0 Å². The first-order valence-electron chi connectivity index (χ1n) is 14.1. The first-order chi connectivity index (χ1) is 20.5. The second kappa shape index (κ2) is 10.9. The predicted molar refractivity (Wildman–Crippen MR) is 151 cm³/mol. The lowest BCUT2D eigenvalue weighted by Gasteiger charge is -2.42. The molecule has 43 heavy (non-hydrogen) atoms. The number of aliphatic hydroxyl groups excluding tert-OH is 1. The van der Waals surface area contributed by atoms with Crippen LogP contribution in [0.3, 0.4) is 0 Å². The van der Waals surface area contributed by atoms with Crippen LogP contribution in [-0.2, 0) is 27.2 Å². The number of carbonyl (C=O) groups is 3. The number of aromatic hydroxyl groups is 2. The van der Waals surface area contributed by atoms with Crippen molar-refractivity contribution in [2.45, 2.75) is 69.0 Å². The normalized spacial score (nSPS) is 28.0. The Bertz CT molecular complexity index is 1610. The summed E-state index contributed by atoms with van der Waals surface area (Å²) in [6.45, 7) is 1.73. The third-order valence-electron chi connectivity index (χ3n) is 8.56. The maximum atomic E-state index is 13.5. The first kappa shape index (κ1) is 29.0. The molecule has 1 aliphatic heterocycles. The van der Waals surface area contributed by atoms with Crippen molar-refractivity contribution in [3.63, 3.8) is 0 Å². The van der Waals surface area contributed by atoms with E-state index >= 15 is 0 Å². The lowest BCUT2D eigenvalue weighted by Crippen LogP contribution is -2.54. The van der Waals surface area contributed by atoms with Gasteiger partial charge in [-0.3, -0.25) is 14.4 Å². The zero-order valence-corrected chi connectivity index (χ0v) is 23.3. The third-order valence-corrected chi connectivity index (χ3v) is 8.56. The van der Waals surface area contributed by atoms with Crippen LogP contribution < -0.4 is 11.1 Å². The second-order valence-corrected chi connectivity index (χ2v) is 11.4. The highest BCUT2D eigenvalue weighted by molar-refractivity contribution is 6.30. The molecule has 1 fully saturated rings. The second-order valence-electron chi connectivity index (χ2n) is 11.4. The summed E-state index contributed by atoms with van der Waals surface area (Å²) in [5.41, 5.74) is 3.95. The summed E-state index contributed by atoms with van der Waals surface area (Å²) in [5.74, 6) is -3.30. The predicted octanol–water partition coefficient (Wildman–Crippen LogP) is 1.75. The first-order valence-corrected chi connectivity index (χ1v) is 14.1. The van der Waals surface area contributed by atoms with Gasteiger partial charge in [0.15, 0.2) is 17.9 Å². The Balaban J connectivity index is 1.43. The van der Waals surface area contributed by atoms with E-state index in [0.29, 0.717) is 0 Å². The number of nitrogens with one attached hydrogen (secondary N) is 1. The van der Waals surface area contributed by atoms with Crippen LogP contribution in [0.4, 0.5) is 0 Å². The highest BCUT2D eigenvalue weighted by atomic mass is 16.7. The summed E-state index contributed by atoms with van der Waals surface area (Å²) in [6, 6.07) is 14.4. The lowest BCUT2D eigenvalue weighted by molar-refractivity contribution is -0.247. The number of fused-ring (bicyclic) bond motifs is 3. The van der Waals surface area contributed by atoms with E-state index in [4.69, 9.17) is 15.2 Å². The van der Waals surface area contributed by atoms with E-state index in [-0.39, 0.29) is 47.2 Å². The Labute approximate surface area is 246 Å². The molecule has 0 unspecified atom stereocenters. The number of aliphatic hydroxyl groups is 2. The van der Waals surface area contributed by atoms with Gasteiger partial charge in [-0.15, -0.1) is 0 Å². The molecule has 6 rings (SSSR count). The highest BCUT2D eigenvalue weighted by Gasteiger charge is 2.50. The number of benzene rings is 3. The van der Waals surface area contributed by atoms with E-state index in [1.807, 2.05) is 30.3 Å². The minimum atomic E-state index is -2.15. The van der Waals surface area contributed by atoms with Crippen LogP contribution in [-0.4, -0.2) is 68.0 Å². The molecule has 0 spiro atoms. The zero-order valence-electron chi connectivity index (χ0n) is 23.3. The molecular formula is C32H32N2O9. The molecule has 7 N–H and O–H groups in total. The van der Waals surface area contributed by atoms with E-state index in [0.717, 1.165) is 5.56 Å². The SMILES string of the molecule is C[C@@H]1O[C@@H](O[C@H]2C[C@](O)(C(=O)NCc3ccccc3)Cc3c(O)c4c(c(O)c32)C(=O)c2ccccc2C4=O)C[C@H](N)[C@@H]1O. The van der Waals surface area contributed by atoms with E-state index in [2.05, 4.69) is 5.32 Å². The van der Waals surface area contributed by atoms with Crippen LogP contribution in [0, 0.1) is 0 Å². The van der Waals surface area contributed by atoms with E-state index in [1.54, 1.807) is 19.1 Å². The quantitative estimate of drug-likeness (QED) is 0.187. The molecule has 11 heteroatoms. The minimum absolute atomic E-state index is 0.0340. The number of hydrogen-bond donors (Lipinski definition) is 6. The van der Waals surface area contributed by atoms with Crippen molar-refractivity contribution in [1.29, 1.82) is 0 Å². The van der Waals surface area contributed by atoms with Crippen molar-refractivity contribution in [2.75, 3.05) is 0 Å². The summed E-state index contributed by atoms with van der Waals surface area (Å²) in [6.07, 6.45) is -4.74. The van der Waals surface area contributed by atoms with Gasteiger partial charge < -0.3 is 41.0 Å². The Morgan fingerprint density at radius 3 is 2.26 bits per heavy atom. The topological polar surface area (TPSA) is 189 Å². The van der Waals surface area contributed by atoms with Crippen molar-refractivity contribution in [1.82, 2.24) is 5.32 Å². The van der Waals surface area contributed by atoms with Crippen LogP contribution in [0.15, 0.2) is 54.6 Å². The van der Waals surface area contributed by atoms with Gasteiger partial charge in [0.25, 0.3) is 5.91 Å². The fourth-order valence-electron chi connectivity index (χ4n) is 6.27. The Morgan fingerprint density at radius 2 is 1.63 bits per heavy atom. The average molecular weight is 589 g/mol. The molecule has 3 aromatic carbocycles. The number of hydrogen-bond acceptors (Lipinski definition) is 10. The molecular weight excluding hydrogens is 556 g/mol. The molecule has 0 bridgehead atoms. The minimum Gasteiger partial charge on any atom is -0.507 e. The van der Waals surface area contributed by atoms with Crippen LogP contribution in [0.2, 0.25) is 0 Å². The largest absolute Gasteiger partial charge is 0.507 e. The molecule has 3 aliphatic rings. The van der Waals surface area contributed by atoms with Gasteiger partial charge in [0, 0.05) is 54.1 Å². The molecule has 3 aromatic rings. The van der Waals surface area contributed by atoms with Crippen LogP contribution in [0.25, 0.3) is 0 Å². The fraction of sp³-hybridized carbons (Fsp3) is 0.344. The van der Waals surface area contributed by atoms with Gasteiger partial charge >= 0.3 is 0 Å². The fourth-order valence-corrected chi connectivity index (χ4v) is 6.27. The number of rotatable bonds is 5. The Hall–Kier alpha value is -4.13. The van der Waals surface area contributed by atoms with Crippen molar-refractivity contribution in [3.8, 4) is 11.5 Å². The molecule has 0 aromatic heterocycles. The summed E-state index contributed by atoms with van der Waals surface area (Å²) in [5, 5.41) is 47.8. The number of amides is 1. The van der Waals surface area contributed by atoms with Crippen molar-refractivity contribution in [3.05, 3.63) is 93.5 Å². The molecule has 2 aliphatic carbocycles. The monoisotopic (exact) mass is 588 g/mol. The molecule has 11 nitrogen and oxygen atoms in total. The van der Waals surface area contributed by atoms with Gasteiger partial charge in [0.2, 0.25) is 0 Å². The number of carbonyl (C=O) groups excluding carboxylic acids is 3. The average Bonchev–Trinajstić information content (AvgIpc) is 2.99. The zero-order chi connectivity index (χ0) is 30.6. The van der Waals surface area contributed by atoms with Gasteiger partial charge in [0.1, 0.15) is 17.1 Å². The van der Waals surface area contributed by atoms with E-state index in [9.17, 15) is 34.8 Å². The van der Waals surface area contributed by atoms with Gasteiger partial charge in [-0.25, -0.2) is 0 Å². The maximum absolute atomic E-state index is 13.5. The van der Waals surface area contributed by atoms with Gasteiger partial charge in [-0.1, -0.05) is 54.6 Å². The summed E-state index contributed by atoms with van der Waals surface area (Å²) < 4.78 is 12.0. The number of phenols is 2. The maximum Gasteiger partial charge on any atom is 0.252 e. The molecule has 1 saturated heterocycles. The van der Waals surface area contributed by atoms with Crippen LogP contribution in [0.5, 0.6) is 11.5 Å². The summed E-state index contributed by atoms with van der Waals surface area (Å²) >= 11 is 0. The molecule has 0 saturated carbocycles. The molecule has 0 radical (unpaired) electrons. The Morgan fingerprint density at radius 1 is 1.02 bits per heavy atom. The van der Waals surface area contributed by atoms with Gasteiger partial charge in [0.05, 0.1) is 29.4 Å². The Kier molecular flexibility index (Phi) is 7.31. The number of ketones is 2. The number of ether oxygens (including phenoxy) is 2. The summed E-state index contributed by atoms with van der Waals surface area (Å²) in [4.78, 5) is 40.5. The van der Waals surface area contributed by atoms with Crippen molar-refractivity contribution < 1.29 is 44.3 Å². The standard InChI is InChI=1S/C32H32N2O9/c1-15-26(35)20(33)11-22(42-15)43-21-13-32(41,31(40)34-14-16-7-3-2-4-8-16)12-19-23(21)30(39)25-24(29(19)38)27(36)17-9-5-6-10-18(17)28(25)37/h2-10,15,20-22,26,35,38-39,41H,11-14,33H2,1H3,(H,34,40)/t15-,20-,21-,22-,26+,32-/m0/s1.